The third kappa shape index (κ3) is 2.63. The van der Waals surface area contributed by atoms with Gasteiger partial charge in [0.05, 0.1) is 21.7 Å². The number of aromatic nitrogens is 2. The number of sulfonamides is 1. The Morgan fingerprint density at radius 3 is 2.74 bits per heavy atom. The van der Waals surface area contributed by atoms with E-state index >= 15 is 0 Å². The summed E-state index contributed by atoms with van der Waals surface area (Å²) < 4.78 is 26.0. The van der Waals surface area contributed by atoms with Crippen molar-refractivity contribution in [2.45, 2.75) is 4.90 Å². The number of nitro groups is 1. The zero-order chi connectivity index (χ0) is 14.0. The maximum Gasteiger partial charge on any atom is 0.312 e. The smallest absolute Gasteiger partial charge is 0.312 e. The Morgan fingerprint density at radius 1 is 1.42 bits per heavy atom. The number of nitrogens with zero attached hydrogens (tertiary/aromatic N) is 2. The Labute approximate surface area is 107 Å². The highest BCUT2D eigenvalue weighted by Crippen LogP contribution is 2.28. The number of hydrogen-bond donors (Lipinski definition) is 3. The summed E-state index contributed by atoms with van der Waals surface area (Å²) in [6.07, 6.45) is 2.55. The van der Waals surface area contributed by atoms with Crippen LogP contribution in [-0.4, -0.2) is 28.6 Å². The molecule has 0 aliphatic rings. The van der Waals surface area contributed by atoms with Crippen molar-refractivity contribution in [3.8, 4) is 5.75 Å². The maximum absolute atomic E-state index is 11.9. The van der Waals surface area contributed by atoms with E-state index in [0.29, 0.717) is 0 Å². The lowest BCUT2D eigenvalue weighted by atomic mass is 10.3. The van der Waals surface area contributed by atoms with Gasteiger partial charge in [-0.3, -0.25) is 19.9 Å². The molecule has 0 amide bonds. The largest absolute Gasteiger partial charge is 0.502 e. The molecule has 100 valence electrons. The summed E-state index contributed by atoms with van der Waals surface area (Å²) in [5.41, 5.74) is -0.495. The summed E-state index contributed by atoms with van der Waals surface area (Å²) in [5, 5.41) is 25.9. The Morgan fingerprint density at radius 2 is 2.16 bits per heavy atom. The monoisotopic (exact) mass is 284 g/mol. The third-order valence-electron chi connectivity index (χ3n) is 2.20. The predicted molar refractivity (Wildman–Crippen MR) is 64.2 cm³/mol. The third-order valence-corrected chi connectivity index (χ3v) is 3.58. The second-order valence-electron chi connectivity index (χ2n) is 3.50. The minimum absolute atomic E-state index is 0.190. The molecular formula is C9H8N4O5S. The molecule has 0 aliphatic carbocycles. The molecule has 9 nitrogen and oxygen atoms in total. The van der Waals surface area contributed by atoms with E-state index in [4.69, 9.17) is 0 Å². The molecule has 0 unspecified atom stereocenters. The summed E-state index contributed by atoms with van der Waals surface area (Å²) in [4.78, 5) is 9.43. The standard InChI is InChI=1S/C9H8N4O5S/c14-9-2-1-7(3-8(9)13(15)16)19(17,18)12-6-4-10-11-5-6/h1-5,12,14H,(H,10,11). The molecule has 0 bridgehead atoms. The van der Waals surface area contributed by atoms with Gasteiger partial charge in [-0.15, -0.1) is 0 Å². The number of nitrogens with one attached hydrogen (secondary N) is 2. The van der Waals surface area contributed by atoms with Crippen LogP contribution in [0.15, 0.2) is 35.5 Å². The van der Waals surface area contributed by atoms with Crippen LogP contribution >= 0.6 is 0 Å². The molecule has 10 heteroatoms. The van der Waals surface area contributed by atoms with Gasteiger partial charge in [-0.2, -0.15) is 5.10 Å². The molecule has 2 rings (SSSR count). The van der Waals surface area contributed by atoms with E-state index in [1.807, 2.05) is 0 Å². The first-order valence-corrected chi connectivity index (χ1v) is 6.37. The molecule has 1 aromatic heterocycles. The van der Waals surface area contributed by atoms with Crippen molar-refractivity contribution >= 4 is 21.4 Å². The number of aromatic hydroxyl groups is 1. The van der Waals surface area contributed by atoms with Gasteiger partial charge in [-0.25, -0.2) is 8.42 Å². The van der Waals surface area contributed by atoms with Gasteiger partial charge in [0.15, 0.2) is 5.75 Å². The number of hydrogen-bond acceptors (Lipinski definition) is 6. The van der Waals surface area contributed by atoms with Crippen LogP contribution in [0.2, 0.25) is 0 Å². The first kappa shape index (κ1) is 12.8. The van der Waals surface area contributed by atoms with Gasteiger partial charge in [0.1, 0.15) is 0 Å². The SMILES string of the molecule is O=[N+]([O-])c1cc(S(=O)(=O)Nc2cn[nH]c2)ccc1O. The minimum Gasteiger partial charge on any atom is -0.502 e. The Hall–Kier alpha value is -2.62. The van der Waals surface area contributed by atoms with Crippen LogP contribution in [0.3, 0.4) is 0 Å². The lowest BCUT2D eigenvalue weighted by molar-refractivity contribution is -0.386. The van der Waals surface area contributed by atoms with Crippen molar-refractivity contribution in [3.63, 3.8) is 0 Å². The van der Waals surface area contributed by atoms with Crippen molar-refractivity contribution in [2.24, 2.45) is 0 Å². The molecule has 0 saturated carbocycles. The Balaban J connectivity index is 2.41. The maximum atomic E-state index is 11.9. The quantitative estimate of drug-likeness (QED) is 0.561. The van der Waals surface area contributed by atoms with Crippen molar-refractivity contribution in [2.75, 3.05) is 4.72 Å². The van der Waals surface area contributed by atoms with Gasteiger partial charge in [-0.1, -0.05) is 0 Å². The molecule has 0 spiro atoms. The number of nitro benzene ring substituents is 1. The predicted octanol–water partition coefficient (Wildman–Crippen LogP) is 0.824. The van der Waals surface area contributed by atoms with Crippen molar-refractivity contribution in [3.05, 3.63) is 40.7 Å². The zero-order valence-electron chi connectivity index (χ0n) is 9.27. The molecule has 0 fully saturated rings. The van der Waals surface area contributed by atoms with Crippen molar-refractivity contribution in [1.29, 1.82) is 0 Å². The van der Waals surface area contributed by atoms with E-state index in [2.05, 4.69) is 14.9 Å². The van der Waals surface area contributed by atoms with E-state index in [1.54, 1.807) is 0 Å². The summed E-state index contributed by atoms with van der Waals surface area (Å²) in [6.45, 7) is 0. The molecule has 3 N–H and O–H groups in total. The topological polar surface area (TPSA) is 138 Å². The average molecular weight is 284 g/mol. The molecular weight excluding hydrogens is 276 g/mol. The second kappa shape index (κ2) is 4.57. The van der Waals surface area contributed by atoms with E-state index in [-0.39, 0.29) is 10.6 Å². The number of benzene rings is 1. The zero-order valence-corrected chi connectivity index (χ0v) is 10.1. The van der Waals surface area contributed by atoms with Crippen LogP contribution in [0.25, 0.3) is 0 Å². The van der Waals surface area contributed by atoms with Crippen LogP contribution in [0.5, 0.6) is 5.75 Å². The molecule has 0 radical (unpaired) electrons. The van der Waals surface area contributed by atoms with E-state index in [9.17, 15) is 23.6 Å². The van der Waals surface area contributed by atoms with Crippen molar-refractivity contribution in [1.82, 2.24) is 10.2 Å². The number of anilines is 1. The fraction of sp³-hybridized carbons (Fsp3) is 0. The number of phenols is 1. The molecule has 2 aromatic rings. The lowest BCUT2D eigenvalue weighted by Gasteiger charge is -2.05. The van der Waals surface area contributed by atoms with Crippen LogP contribution in [0.4, 0.5) is 11.4 Å². The van der Waals surface area contributed by atoms with Gasteiger partial charge in [-0.05, 0) is 12.1 Å². The number of H-pyrrole nitrogens is 1. The van der Waals surface area contributed by atoms with Gasteiger partial charge in [0, 0.05) is 12.3 Å². The highest BCUT2D eigenvalue weighted by atomic mass is 32.2. The lowest BCUT2D eigenvalue weighted by Crippen LogP contribution is -2.12. The molecule has 0 aliphatic heterocycles. The van der Waals surface area contributed by atoms with Gasteiger partial charge in [0.2, 0.25) is 0 Å². The molecule has 0 atom stereocenters. The van der Waals surface area contributed by atoms with E-state index < -0.39 is 26.4 Å². The highest BCUT2D eigenvalue weighted by molar-refractivity contribution is 7.92. The summed E-state index contributed by atoms with van der Waals surface area (Å²) in [6, 6.07) is 2.78. The first-order chi connectivity index (χ1) is 8.90. The van der Waals surface area contributed by atoms with Crippen LogP contribution in [-0.2, 0) is 10.0 Å². The average Bonchev–Trinajstić information content (AvgIpc) is 2.80. The van der Waals surface area contributed by atoms with E-state index in [1.165, 1.54) is 12.4 Å². The number of aromatic amines is 1. The minimum atomic E-state index is -3.98. The molecule has 0 saturated heterocycles. The van der Waals surface area contributed by atoms with Crippen molar-refractivity contribution < 1.29 is 18.4 Å². The van der Waals surface area contributed by atoms with Crippen LogP contribution in [0.1, 0.15) is 0 Å². The summed E-state index contributed by atoms with van der Waals surface area (Å²) in [7, 11) is -3.98. The van der Waals surface area contributed by atoms with Gasteiger partial charge < -0.3 is 5.11 Å². The highest BCUT2D eigenvalue weighted by Gasteiger charge is 2.21. The molecule has 1 heterocycles. The number of phenolic OH excluding ortho intramolecular Hbond substituents is 1. The fourth-order valence-corrected chi connectivity index (χ4v) is 2.39. The molecule has 19 heavy (non-hydrogen) atoms. The van der Waals surface area contributed by atoms with Gasteiger partial charge >= 0.3 is 5.69 Å². The van der Waals surface area contributed by atoms with Crippen LogP contribution < -0.4 is 4.72 Å². The normalized spacial score (nSPS) is 11.2. The molecule has 1 aromatic carbocycles. The van der Waals surface area contributed by atoms with Gasteiger partial charge in [0.25, 0.3) is 10.0 Å². The Kier molecular flexibility index (Phi) is 3.09. The fourth-order valence-electron chi connectivity index (χ4n) is 1.34. The van der Waals surface area contributed by atoms with Crippen LogP contribution in [0, 0.1) is 10.1 Å². The second-order valence-corrected chi connectivity index (χ2v) is 5.18. The number of rotatable bonds is 4. The summed E-state index contributed by atoms with van der Waals surface area (Å²) in [5.74, 6) is -0.604. The first-order valence-electron chi connectivity index (χ1n) is 4.89. The Bertz CT molecular complexity index is 710. The van der Waals surface area contributed by atoms with E-state index in [0.717, 1.165) is 18.2 Å². The summed E-state index contributed by atoms with van der Waals surface area (Å²) >= 11 is 0.